The van der Waals surface area contributed by atoms with Gasteiger partial charge in [0.15, 0.2) is 0 Å². The molecule has 0 saturated heterocycles. The first-order valence-corrected chi connectivity index (χ1v) is 25.2. The molecule has 0 fully saturated rings. The summed E-state index contributed by atoms with van der Waals surface area (Å²) in [4.78, 5) is 2.48. The standard InChI is InChI=1S/C69H53NO/c1-67(2)59-21-12-10-17-51(59)52-35-32-48(38-61(52)67)70(47-30-27-45(28-31-47)44-25-23-43(24-26-44)42-15-8-7-9-16-42)49-33-36-54-58-41-63-57(40-64(58)69(5,6)62(54)39-49)53-34-29-46(37-60(53)68(63,3)4)50-19-14-20-56-55-18-11-13-22-65(55)71-66(50)56/h7-41H,1-6H3. The van der Waals surface area contributed by atoms with E-state index in [4.69, 9.17) is 4.42 Å². The summed E-state index contributed by atoms with van der Waals surface area (Å²) in [5.74, 6) is 0. The van der Waals surface area contributed by atoms with Crippen LogP contribution in [0.5, 0.6) is 0 Å². The van der Waals surface area contributed by atoms with Crippen molar-refractivity contribution in [2.45, 2.75) is 57.8 Å². The van der Waals surface area contributed by atoms with Crippen molar-refractivity contribution in [2.75, 3.05) is 4.90 Å². The molecule has 3 aliphatic carbocycles. The Morgan fingerprint density at radius 1 is 0.282 bits per heavy atom. The average molecular weight is 912 g/mol. The second kappa shape index (κ2) is 14.9. The van der Waals surface area contributed by atoms with Gasteiger partial charge in [-0.2, -0.15) is 0 Å². The maximum atomic E-state index is 6.53. The van der Waals surface area contributed by atoms with Gasteiger partial charge in [0.2, 0.25) is 0 Å². The van der Waals surface area contributed by atoms with Gasteiger partial charge in [-0.25, -0.2) is 0 Å². The Labute approximate surface area is 416 Å². The van der Waals surface area contributed by atoms with Crippen LogP contribution in [0.25, 0.3) is 88.7 Å². The Hall–Kier alpha value is -8.20. The molecule has 0 unspecified atom stereocenters. The minimum absolute atomic E-state index is 0.123. The lowest BCUT2D eigenvalue weighted by Crippen LogP contribution is -2.18. The summed E-state index contributed by atoms with van der Waals surface area (Å²) in [5.41, 5.74) is 28.2. The van der Waals surface area contributed by atoms with E-state index < -0.39 is 0 Å². The van der Waals surface area contributed by atoms with Crippen LogP contribution >= 0.6 is 0 Å². The molecule has 0 radical (unpaired) electrons. The lowest BCUT2D eigenvalue weighted by Gasteiger charge is -2.30. The van der Waals surface area contributed by atoms with E-state index in [2.05, 4.69) is 253 Å². The minimum atomic E-state index is -0.234. The van der Waals surface area contributed by atoms with Gasteiger partial charge in [0.25, 0.3) is 0 Å². The smallest absolute Gasteiger partial charge is 0.143 e. The van der Waals surface area contributed by atoms with Crippen molar-refractivity contribution in [1.29, 1.82) is 0 Å². The molecular weight excluding hydrogens is 859 g/mol. The second-order valence-electron chi connectivity index (χ2n) is 21.7. The van der Waals surface area contributed by atoms with Gasteiger partial charge in [0.05, 0.1) is 0 Å². The monoisotopic (exact) mass is 911 g/mol. The molecule has 71 heavy (non-hydrogen) atoms. The highest BCUT2D eigenvalue weighted by Gasteiger charge is 2.42. The lowest BCUT2D eigenvalue weighted by atomic mass is 9.79. The maximum absolute atomic E-state index is 6.53. The van der Waals surface area contributed by atoms with Gasteiger partial charge >= 0.3 is 0 Å². The van der Waals surface area contributed by atoms with Crippen molar-refractivity contribution < 1.29 is 4.42 Å². The maximum Gasteiger partial charge on any atom is 0.143 e. The van der Waals surface area contributed by atoms with Gasteiger partial charge in [0.1, 0.15) is 11.2 Å². The molecule has 2 nitrogen and oxygen atoms in total. The number of benzene rings is 10. The summed E-state index contributed by atoms with van der Waals surface area (Å²) >= 11 is 0. The summed E-state index contributed by atoms with van der Waals surface area (Å²) < 4.78 is 6.53. The highest BCUT2D eigenvalue weighted by Crippen LogP contribution is 2.58. The van der Waals surface area contributed by atoms with Crippen molar-refractivity contribution in [3.8, 4) is 66.8 Å². The Bertz CT molecular complexity index is 4000. The van der Waals surface area contributed by atoms with E-state index in [1.807, 2.05) is 6.07 Å². The molecule has 0 atom stereocenters. The number of hydrogen-bond acceptors (Lipinski definition) is 2. The van der Waals surface area contributed by atoms with Gasteiger partial charge < -0.3 is 9.32 Å². The molecule has 0 bridgehead atoms. The van der Waals surface area contributed by atoms with Crippen LogP contribution in [0.15, 0.2) is 217 Å². The van der Waals surface area contributed by atoms with Gasteiger partial charge in [-0.05, 0) is 155 Å². The molecule has 0 saturated carbocycles. The van der Waals surface area contributed by atoms with E-state index in [1.54, 1.807) is 0 Å². The summed E-state index contributed by atoms with van der Waals surface area (Å²) in [6.45, 7) is 14.4. The summed E-state index contributed by atoms with van der Waals surface area (Å²) in [6.07, 6.45) is 0. The number of nitrogens with zero attached hydrogens (tertiary/aromatic N) is 1. The summed E-state index contributed by atoms with van der Waals surface area (Å²) in [7, 11) is 0. The number of anilines is 3. The fourth-order valence-corrected chi connectivity index (χ4v) is 12.8. The molecule has 0 N–H and O–H groups in total. The number of furan rings is 1. The first-order chi connectivity index (χ1) is 34.4. The molecule has 10 aromatic carbocycles. The second-order valence-corrected chi connectivity index (χ2v) is 21.7. The highest BCUT2D eigenvalue weighted by molar-refractivity contribution is 6.09. The zero-order valence-corrected chi connectivity index (χ0v) is 41.1. The predicted octanol–water partition coefficient (Wildman–Crippen LogP) is 19.0. The van der Waals surface area contributed by atoms with Crippen molar-refractivity contribution >= 4 is 39.0 Å². The average Bonchev–Trinajstić information content (AvgIpc) is 4.04. The third-order valence-corrected chi connectivity index (χ3v) is 16.7. The van der Waals surface area contributed by atoms with Crippen LogP contribution in [-0.2, 0) is 16.2 Å². The van der Waals surface area contributed by atoms with Crippen LogP contribution in [0, 0.1) is 0 Å². The highest BCUT2D eigenvalue weighted by atomic mass is 16.3. The molecule has 340 valence electrons. The molecule has 2 heteroatoms. The minimum Gasteiger partial charge on any atom is -0.455 e. The fourth-order valence-electron chi connectivity index (χ4n) is 12.8. The molecule has 11 aromatic rings. The van der Waals surface area contributed by atoms with E-state index in [9.17, 15) is 0 Å². The van der Waals surface area contributed by atoms with Crippen LogP contribution in [0.3, 0.4) is 0 Å². The summed E-state index contributed by atoms with van der Waals surface area (Å²) in [6, 6.07) is 79.0. The molecule has 0 aliphatic heterocycles. The topological polar surface area (TPSA) is 16.4 Å². The van der Waals surface area contributed by atoms with Gasteiger partial charge in [-0.1, -0.05) is 193 Å². The Kier molecular flexibility index (Phi) is 8.76. The van der Waals surface area contributed by atoms with Crippen molar-refractivity contribution in [1.82, 2.24) is 0 Å². The molecule has 0 amide bonds. The lowest BCUT2D eigenvalue weighted by molar-refractivity contribution is 0.652. The third kappa shape index (κ3) is 6.07. The van der Waals surface area contributed by atoms with Gasteiger partial charge in [-0.3, -0.25) is 0 Å². The molecule has 1 aromatic heterocycles. The van der Waals surface area contributed by atoms with Gasteiger partial charge in [-0.15, -0.1) is 0 Å². The normalized spacial score (nSPS) is 15.0. The molecule has 0 spiro atoms. The van der Waals surface area contributed by atoms with Crippen molar-refractivity contribution in [3.63, 3.8) is 0 Å². The Morgan fingerprint density at radius 3 is 1.35 bits per heavy atom. The zero-order chi connectivity index (χ0) is 48.0. The predicted molar refractivity (Wildman–Crippen MR) is 297 cm³/mol. The van der Waals surface area contributed by atoms with Crippen LogP contribution in [-0.4, -0.2) is 0 Å². The van der Waals surface area contributed by atoms with Crippen LogP contribution in [0.4, 0.5) is 17.1 Å². The first kappa shape index (κ1) is 41.7. The zero-order valence-electron chi connectivity index (χ0n) is 41.1. The van der Waals surface area contributed by atoms with Crippen LogP contribution in [0.2, 0.25) is 0 Å². The Morgan fingerprint density at radius 2 is 0.704 bits per heavy atom. The Balaban J connectivity index is 0.854. The van der Waals surface area contributed by atoms with E-state index in [0.29, 0.717) is 0 Å². The third-order valence-electron chi connectivity index (χ3n) is 16.7. The number of hydrogen-bond donors (Lipinski definition) is 0. The van der Waals surface area contributed by atoms with Crippen molar-refractivity contribution in [3.05, 3.63) is 246 Å². The van der Waals surface area contributed by atoms with E-state index in [-0.39, 0.29) is 16.2 Å². The number of rotatable bonds is 6. The fraction of sp³-hybridized carbons (Fsp3) is 0.130. The van der Waals surface area contributed by atoms with Crippen molar-refractivity contribution in [2.24, 2.45) is 0 Å². The van der Waals surface area contributed by atoms with E-state index >= 15 is 0 Å². The first-order valence-electron chi connectivity index (χ1n) is 25.2. The largest absolute Gasteiger partial charge is 0.455 e. The SMILES string of the molecule is CC1(C)c2ccccc2-c2ccc(N(c3ccc(-c4ccc(-c5ccccc5)cc4)cc3)c3ccc4c(c3)C(C)(C)c3cc5c(cc3-4)C(C)(C)c3cc(-c4cccc6c4oc4ccccc46)ccc3-5)cc21. The number of para-hydroxylation sites is 2. The summed E-state index contributed by atoms with van der Waals surface area (Å²) in [5, 5.41) is 2.32. The quantitative estimate of drug-likeness (QED) is 0.165. The van der Waals surface area contributed by atoms with Crippen LogP contribution in [0.1, 0.15) is 74.9 Å². The van der Waals surface area contributed by atoms with E-state index in [1.165, 1.54) is 94.6 Å². The molecule has 3 aliphatic rings. The van der Waals surface area contributed by atoms with Gasteiger partial charge in [0, 0.05) is 49.6 Å². The van der Waals surface area contributed by atoms with E-state index in [0.717, 1.165) is 44.6 Å². The molecular formula is C69H53NO. The molecule has 1 heterocycles. The number of fused-ring (bicyclic) bond motifs is 12. The van der Waals surface area contributed by atoms with Crippen LogP contribution < -0.4 is 4.90 Å². The molecule has 14 rings (SSSR count).